The van der Waals surface area contributed by atoms with Crippen molar-refractivity contribution in [3.63, 3.8) is 0 Å². The molecule has 4 N–H and O–H groups in total. The molecule has 1 fully saturated rings. The number of imidazole rings is 1. The number of rotatable bonds is 7. The van der Waals surface area contributed by atoms with E-state index in [1.165, 1.54) is 12.1 Å². The van der Waals surface area contributed by atoms with Crippen molar-refractivity contribution in [1.29, 1.82) is 0 Å². The summed E-state index contributed by atoms with van der Waals surface area (Å²) in [5.41, 5.74) is 5.54. The Morgan fingerprint density at radius 3 is 2.47 bits per heavy atom. The van der Waals surface area contributed by atoms with Crippen molar-refractivity contribution in [2.75, 3.05) is 12.4 Å². The molecule has 1 atom stereocenters. The van der Waals surface area contributed by atoms with Gasteiger partial charge in [0.1, 0.15) is 11.3 Å². The highest BCUT2D eigenvalue weighted by Gasteiger charge is 2.31. The third kappa shape index (κ3) is 5.19. The first-order chi connectivity index (χ1) is 18.2. The van der Waals surface area contributed by atoms with Gasteiger partial charge in [0.25, 0.3) is 0 Å². The number of hydrogen-bond acceptors (Lipinski definition) is 6. The van der Waals surface area contributed by atoms with Crippen LogP contribution in [0.2, 0.25) is 0 Å². The van der Waals surface area contributed by atoms with E-state index in [2.05, 4.69) is 27.6 Å². The number of amidine groups is 1. The average molecular weight is 523 g/mol. The van der Waals surface area contributed by atoms with Gasteiger partial charge in [-0.1, -0.05) is 35.9 Å². The van der Waals surface area contributed by atoms with Crippen LogP contribution in [0.5, 0.6) is 0 Å². The zero-order valence-electron chi connectivity index (χ0n) is 21.3. The van der Waals surface area contributed by atoms with Gasteiger partial charge in [-0.3, -0.25) is 4.99 Å². The maximum absolute atomic E-state index is 13.2. The van der Waals surface area contributed by atoms with Gasteiger partial charge in [0, 0.05) is 25.2 Å². The van der Waals surface area contributed by atoms with Gasteiger partial charge in [-0.15, -0.1) is 0 Å². The lowest BCUT2D eigenvalue weighted by molar-refractivity contribution is -0.137. The molecule has 2 aromatic heterocycles. The van der Waals surface area contributed by atoms with Gasteiger partial charge in [-0.25, -0.2) is 20.8 Å². The summed E-state index contributed by atoms with van der Waals surface area (Å²) in [6.45, 7) is 4.38. The number of anilines is 1. The summed E-state index contributed by atoms with van der Waals surface area (Å²) in [5, 5.41) is 3.54. The molecule has 1 aliphatic rings. The first-order valence-corrected chi connectivity index (χ1v) is 12.4. The van der Waals surface area contributed by atoms with Crippen LogP contribution in [0.1, 0.15) is 42.3 Å². The standard InChI is InChI=1S/C27H29F3N8/c1-15-5-4-6-19(13-15)26-36-23-21(38(26)14-17-7-11-20(12-8-17)27(28,29)30)22(33-16(2)18-9-10-18)34-25(35-23)24(32-3)37-31/h4-8,11-13,16,18H,9-10,14,31H2,1-3H3,(H,32,37)(H,33,34,35)/t16-/m1/s1. The summed E-state index contributed by atoms with van der Waals surface area (Å²) in [4.78, 5) is 18.5. The zero-order valence-corrected chi connectivity index (χ0v) is 21.3. The molecule has 0 spiro atoms. The second-order valence-corrected chi connectivity index (χ2v) is 9.64. The first kappa shape index (κ1) is 25.7. The topological polar surface area (TPSA) is 106 Å². The lowest BCUT2D eigenvalue weighted by Gasteiger charge is -2.17. The number of halogens is 3. The number of hydrogen-bond donors (Lipinski definition) is 3. The Balaban J connectivity index is 1.71. The predicted molar refractivity (Wildman–Crippen MR) is 142 cm³/mol. The van der Waals surface area contributed by atoms with Crippen LogP contribution in [-0.4, -0.2) is 38.4 Å². The Hall–Kier alpha value is -3.99. The number of nitrogens with zero attached hydrogens (tertiary/aromatic N) is 5. The molecule has 1 aliphatic carbocycles. The molecule has 0 unspecified atom stereocenters. The Morgan fingerprint density at radius 2 is 1.87 bits per heavy atom. The van der Waals surface area contributed by atoms with Crippen molar-refractivity contribution in [1.82, 2.24) is 24.9 Å². The number of fused-ring (bicyclic) bond motifs is 1. The van der Waals surface area contributed by atoms with Crippen LogP contribution in [0.3, 0.4) is 0 Å². The summed E-state index contributed by atoms with van der Waals surface area (Å²) >= 11 is 0. The first-order valence-electron chi connectivity index (χ1n) is 12.4. The predicted octanol–water partition coefficient (Wildman–Crippen LogP) is 4.92. The minimum Gasteiger partial charge on any atom is -0.365 e. The van der Waals surface area contributed by atoms with Crippen LogP contribution in [0.25, 0.3) is 22.6 Å². The molecule has 4 aromatic rings. The number of nitrogens with one attached hydrogen (secondary N) is 2. The Morgan fingerprint density at radius 1 is 1.13 bits per heavy atom. The molecule has 2 aromatic carbocycles. The van der Waals surface area contributed by atoms with Crippen molar-refractivity contribution in [3.05, 3.63) is 71.0 Å². The van der Waals surface area contributed by atoms with Gasteiger partial charge in [-0.05, 0) is 56.4 Å². The van der Waals surface area contributed by atoms with Gasteiger partial charge in [0.2, 0.25) is 0 Å². The molecule has 8 nitrogen and oxygen atoms in total. The van der Waals surface area contributed by atoms with Gasteiger partial charge < -0.3 is 15.3 Å². The fourth-order valence-electron chi connectivity index (χ4n) is 4.54. The zero-order chi connectivity index (χ0) is 27.0. The highest BCUT2D eigenvalue weighted by atomic mass is 19.4. The molecule has 38 heavy (non-hydrogen) atoms. The normalized spacial score (nSPS) is 15.1. The van der Waals surface area contributed by atoms with Crippen molar-refractivity contribution < 1.29 is 13.2 Å². The molecule has 11 heteroatoms. The van der Waals surface area contributed by atoms with E-state index in [-0.39, 0.29) is 12.6 Å². The average Bonchev–Trinajstić information content (AvgIpc) is 3.67. The molecule has 0 amide bonds. The van der Waals surface area contributed by atoms with Crippen molar-refractivity contribution >= 4 is 22.8 Å². The quantitative estimate of drug-likeness (QED) is 0.138. The Bertz CT molecular complexity index is 1490. The SMILES string of the molecule is CN=C(NN)c1nc(N[C@H](C)C2CC2)c2c(n1)nc(-c1cccc(C)c1)n2Cc1ccc(C(F)(F)F)cc1. The number of aromatic nitrogens is 4. The van der Waals surface area contributed by atoms with E-state index in [1.807, 2.05) is 35.8 Å². The van der Waals surface area contributed by atoms with Crippen LogP contribution in [-0.2, 0) is 12.7 Å². The van der Waals surface area contributed by atoms with E-state index < -0.39 is 11.7 Å². The van der Waals surface area contributed by atoms with Crippen molar-refractivity contribution in [3.8, 4) is 11.4 Å². The minimum atomic E-state index is -4.40. The third-order valence-corrected chi connectivity index (χ3v) is 6.77. The number of alkyl halides is 3. The highest BCUT2D eigenvalue weighted by molar-refractivity contribution is 5.98. The molecule has 2 heterocycles. The molecule has 5 rings (SSSR count). The van der Waals surface area contributed by atoms with Gasteiger partial charge >= 0.3 is 6.18 Å². The Labute approximate surface area is 218 Å². The summed E-state index contributed by atoms with van der Waals surface area (Å²) in [5.74, 6) is 8.01. The van der Waals surface area contributed by atoms with E-state index in [4.69, 9.17) is 15.8 Å². The number of benzene rings is 2. The maximum Gasteiger partial charge on any atom is 0.416 e. The summed E-state index contributed by atoms with van der Waals surface area (Å²) in [7, 11) is 1.59. The molecular formula is C27H29F3N8. The fourth-order valence-corrected chi connectivity index (χ4v) is 4.54. The second kappa shape index (κ2) is 10.1. The smallest absolute Gasteiger partial charge is 0.365 e. The largest absolute Gasteiger partial charge is 0.416 e. The number of hydrazine groups is 1. The Kier molecular flexibility index (Phi) is 6.78. The van der Waals surface area contributed by atoms with Crippen LogP contribution in [0.4, 0.5) is 19.0 Å². The van der Waals surface area contributed by atoms with Crippen molar-refractivity contribution in [2.24, 2.45) is 16.8 Å². The van der Waals surface area contributed by atoms with Crippen LogP contribution in [0, 0.1) is 12.8 Å². The monoisotopic (exact) mass is 522 g/mol. The molecule has 0 saturated heterocycles. The van der Waals surface area contributed by atoms with Gasteiger partial charge in [-0.2, -0.15) is 13.2 Å². The van der Waals surface area contributed by atoms with Crippen LogP contribution in [0.15, 0.2) is 53.5 Å². The summed E-state index contributed by atoms with van der Waals surface area (Å²) in [6.07, 6.45) is -2.12. The van der Waals surface area contributed by atoms with Gasteiger partial charge in [0.15, 0.2) is 23.1 Å². The van der Waals surface area contributed by atoms with E-state index in [0.29, 0.717) is 45.9 Å². The summed E-state index contributed by atoms with van der Waals surface area (Å²) in [6, 6.07) is 13.2. The van der Waals surface area contributed by atoms with Crippen molar-refractivity contribution in [2.45, 2.75) is 45.5 Å². The fraction of sp³-hybridized carbons (Fsp3) is 0.333. The van der Waals surface area contributed by atoms with Crippen LogP contribution < -0.4 is 16.6 Å². The van der Waals surface area contributed by atoms with E-state index in [1.54, 1.807) is 7.05 Å². The minimum absolute atomic E-state index is 0.158. The second-order valence-electron chi connectivity index (χ2n) is 9.64. The molecule has 198 valence electrons. The number of aliphatic imine (C=N–C) groups is 1. The number of aryl methyl sites for hydroxylation is 1. The molecule has 0 bridgehead atoms. The van der Waals surface area contributed by atoms with E-state index >= 15 is 0 Å². The lowest BCUT2D eigenvalue weighted by atomic mass is 10.1. The highest BCUT2D eigenvalue weighted by Crippen LogP contribution is 2.36. The van der Waals surface area contributed by atoms with E-state index in [9.17, 15) is 13.2 Å². The molecular weight excluding hydrogens is 493 g/mol. The molecule has 1 saturated carbocycles. The third-order valence-electron chi connectivity index (χ3n) is 6.77. The lowest BCUT2D eigenvalue weighted by Crippen LogP contribution is -2.33. The molecule has 0 aliphatic heterocycles. The van der Waals surface area contributed by atoms with Gasteiger partial charge in [0.05, 0.1) is 5.56 Å². The summed E-state index contributed by atoms with van der Waals surface area (Å²) < 4.78 is 41.5. The maximum atomic E-state index is 13.2. The van der Waals surface area contributed by atoms with Crippen LogP contribution >= 0.6 is 0 Å². The van der Waals surface area contributed by atoms with E-state index in [0.717, 1.165) is 36.1 Å². The molecule has 0 radical (unpaired) electrons. The number of nitrogens with two attached hydrogens (primary N) is 1.